The van der Waals surface area contributed by atoms with E-state index in [0.29, 0.717) is 18.2 Å². The van der Waals surface area contributed by atoms with Gasteiger partial charge in [-0.1, -0.05) is 31.4 Å². The fraction of sp³-hybridized carbons (Fsp3) is 0.421. The van der Waals surface area contributed by atoms with Crippen molar-refractivity contribution in [3.05, 3.63) is 48.0 Å². The van der Waals surface area contributed by atoms with Crippen molar-refractivity contribution in [2.45, 2.75) is 50.0 Å². The standard InChI is InChI=1S/C19H23N5O2S/c20-27(25,26)17-8-4-7-15(9-17)10-18-21-11-16-12-22-24(19(16)23-18)13-14-5-2-1-3-6-14/h4,7-9,11-12,14H,1-3,5-6,10,13H2,(H2,20,25,26). The summed E-state index contributed by atoms with van der Waals surface area (Å²) in [5.74, 6) is 1.30. The third-order valence-electron chi connectivity index (χ3n) is 5.17. The van der Waals surface area contributed by atoms with Crippen LogP contribution in [-0.2, 0) is 23.0 Å². The second kappa shape index (κ2) is 7.36. The molecule has 8 heteroatoms. The number of sulfonamides is 1. The summed E-state index contributed by atoms with van der Waals surface area (Å²) in [6.07, 6.45) is 10.5. The second-order valence-corrected chi connectivity index (χ2v) is 8.83. The van der Waals surface area contributed by atoms with Crippen LogP contribution < -0.4 is 5.14 Å². The van der Waals surface area contributed by atoms with Crippen LogP contribution in [0, 0.1) is 5.92 Å². The monoisotopic (exact) mass is 385 g/mol. The van der Waals surface area contributed by atoms with E-state index in [1.807, 2.05) is 16.9 Å². The molecule has 0 aliphatic heterocycles. The molecule has 2 heterocycles. The minimum Gasteiger partial charge on any atom is -0.247 e. The minimum atomic E-state index is -3.72. The van der Waals surface area contributed by atoms with Gasteiger partial charge in [-0.3, -0.25) is 0 Å². The fourth-order valence-electron chi connectivity index (χ4n) is 3.75. The fourth-order valence-corrected chi connectivity index (χ4v) is 4.33. The largest absolute Gasteiger partial charge is 0.247 e. The van der Waals surface area contributed by atoms with Crippen LogP contribution in [0.4, 0.5) is 0 Å². The molecule has 4 rings (SSSR count). The van der Waals surface area contributed by atoms with Gasteiger partial charge in [0.1, 0.15) is 5.82 Å². The van der Waals surface area contributed by atoms with Gasteiger partial charge in [0.15, 0.2) is 5.65 Å². The molecule has 2 aromatic heterocycles. The molecule has 1 aliphatic carbocycles. The van der Waals surface area contributed by atoms with Gasteiger partial charge in [-0.2, -0.15) is 5.10 Å². The van der Waals surface area contributed by atoms with Gasteiger partial charge in [0, 0.05) is 19.2 Å². The van der Waals surface area contributed by atoms with E-state index in [1.165, 1.54) is 38.2 Å². The van der Waals surface area contributed by atoms with Crippen LogP contribution in [0.3, 0.4) is 0 Å². The molecule has 0 amide bonds. The van der Waals surface area contributed by atoms with Crippen molar-refractivity contribution >= 4 is 21.1 Å². The number of benzene rings is 1. The number of nitrogens with zero attached hydrogens (tertiary/aromatic N) is 4. The quantitative estimate of drug-likeness (QED) is 0.727. The molecule has 0 saturated heterocycles. The van der Waals surface area contributed by atoms with E-state index >= 15 is 0 Å². The van der Waals surface area contributed by atoms with Gasteiger partial charge >= 0.3 is 0 Å². The molecule has 27 heavy (non-hydrogen) atoms. The predicted octanol–water partition coefficient (Wildman–Crippen LogP) is 2.64. The average molecular weight is 385 g/mol. The molecule has 7 nitrogen and oxygen atoms in total. The second-order valence-electron chi connectivity index (χ2n) is 7.27. The molecule has 1 aliphatic rings. The average Bonchev–Trinajstić information content (AvgIpc) is 3.04. The Labute approximate surface area is 158 Å². The topological polar surface area (TPSA) is 104 Å². The van der Waals surface area contributed by atoms with E-state index in [4.69, 9.17) is 10.1 Å². The van der Waals surface area contributed by atoms with Crippen LogP contribution in [-0.4, -0.2) is 28.2 Å². The Morgan fingerprint density at radius 2 is 1.96 bits per heavy atom. The van der Waals surface area contributed by atoms with Gasteiger partial charge in [0.05, 0.1) is 16.5 Å². The number of rotatable bonds is 5. The number of primary sulfonamides is 1. The Hall–Kier alpha value is -2.32. The molecule has 142 valence electrons. The maximum Gasteiger partial charge on any atom is 0.238 e. The minimum absolute atomic E-state index is 0.100. The van der Waals surface area contributed by atoms with E-state index in [-0.39, 0.29) is 4.90 Å². The Balaban J connectivity index is 1.58. The van der Waals surface area contributed by atoms with Crippen LogP contribution in [0.5, 0.6) is 0 Å². The maximum absolute atomic E-state index is 11.5. The molecule has 1 fully saturated rings. The van der Waals surface area contributed by atoms with Crippen LogP contribution in [0.1, 0.15) is 43.5 Å². The van der Waals surface area contributed by atoms with E-state index < -0.39 is 10.0 Å². The van der Waals surface area contributed by atoms with Crippen molar-refractivity contribution in [3.63, 3.8) is 0 Å². The Bertz CT molecular complexity index is 1050. The summed E-state index contributed by atoms with van der Waals surface area (Å²) in [7, 11) is -3.72. The Morgan fingerprint density at radius 3 is 2.74 bits per heavy atom. The van der Waals surface area contributed by atoms with Crippen molar-refractivity contribution < 1.29 is 8.42 Å². The van der Waals surface area contributed by atoms with Crippen molar-refractivity contribution in [1.29, 1.82) is 0 Å². The number of fused-ring (bicyclic) bond motifs is 1. The molecule has 1 saturated carbocycles. The third kappa shape index (κ3) is 4.17. The van der Waals surface area contributed by atoms with E-state index in [0.717, 1.165) is 23.1 Å². The van der Waals surface area contributed by atoms with E-state index in [1.54, 1.807) is 18.3 Å². The van der Waals surface area contributed by atoms with E-state index in [2.05, 4.69) is 10.1 Å². The number of nitrogens with two attached hydrogens (primary N) is 1. The lowest BCUT2D eigenvalue weighted by atomic mass is 9.89. The molecule has 1 aromatic carbocycles. The molecule has 0 unspecified atom stereocenters. The first-order chi connectivity index (χ1) is 13.0. The lowest BCUT2D eigenvalue weighted by molar-refractivity contribution is 0.311. The Kier molecular flexibility index (Phi) is 4.92. The summed E-state index contributed by atoms with van der Waals surface area (Å²) >= 11 is 0. The van der Waals surface area contributed by atoms with Gasteiger partial charge in [-0.05, 0) is 36.5 Å². The van der Waals surface area contributed by atoms with Crippen molar-refractivity contribution in [2.75, 3.05) is 0 Å². The molecular weight excluding hydrogens is 362 g/mol. The highest BCUT2D eigenvalue weighted by molar-refractivity contribution is 7.89. The predicted molar refractivity (Wildman–Crippen MR) is 103 cm³/mol. The smallest absolute Gasteiger partial charge is 0.238 e. The molecule has 0 radical (unpaired) electrons. The van der Waals surface area contributed by atoms with Gasteiger partial charge in [0.2, 0.25) is 10.0 Å². The van der Waals surface area contributed by atoms with E-state index in [9.17, 15) is 8.42 Å². The summed E-state index contributed by atoms with van der Waals surface area (Å²) in [6, 6.07) is 6.59. The lowest BCUT2D eigenvalue weighted by Gasteiger charge is -2.21. The summed E-state index contributed by atoms with van der Waals surface area (Å²) in [5, 5.41) is 10.6. The molecular formula is C19H23N5O2S. The van der Waals surface area contributed by atoms with Gasteiger partial charge in [-0.25, -0.2) is 28.2 Å². The summed E-state index contributed by atoms with van der Waals surface area (Å²) in [5.41, 5.74) is 1.65. The van der Waals surface area contributed by atoms with Crippen molar-refractivity contribution in [3.8, 4) is 0 Å². The van der Waals surface area contributed by atoms with Crippen LogP contribution >= 0.6 is 0 Å². The summed E-state index contributed by atoms with van der Waals surface area (Å²) in [4.78, 5) is 9.21. The maximum atomic E-state index is 11.5. The van der Waals surface area contributed by atoms with Gasteiger partial charge in [-0.15, -0.1) is 0 Å². The number of aromatic nitrogens is 4. The SMILES string of the molecule is NS(=O)(=O)c1cccc(Cc2ncc3cnn(CC4CCCCC4)c3n2)c1. The third-order valence-corrected chi connectivity index (χ3v) is 6.08. The normalized spacial score (nSPS) is 16.0. The zero-order valence-corrected chi connectivity index (χ0v) is 15.9. The number of hydrogen-bond acceptors (Lipinski definition) is 5. The van der Waals surface area contributed by atoms with Crippen LogP contribution in [0.2, 0.25) is 0 Å². The zero-order chi connectivity index (χ0) is 18.9. The molecule has 0 atom stereocenters. The molecule has 2 N–H and O–H groups in total. The first-order valence-electron chi connectivity index (χ1n) is 9.28. The first-order valence-corrected chi connectivity index (χ1v) is 10.8. The van der Waals surface area contributed by atoms with Crippen molar-refractivity contribution in [1.82, 2.24) is 19.7 Å². The van der Waals surface area contributed by atoms with Crippen LogP contribution in [0.25, 0.3) is 11.0 Å². The highest BCUT2D eigenvalue weighted by Gasteiger charge is 2.16. The lowest BCUT2D eigenvalue weighted by Crippen LogP contribution is -2.15. The van der Waals surface area contributed by atoms with Crippen molar-refractivity contribution in [2.24, 2.45) is 11.1 Å². The highest BCUT2D eigenvalue weighted by Crippen LogP contribution is 2.26. The highest BCUT2D eigenvalue weighted by atomic mass is 32.2. The first kappa shape index (κ1) is 18.1. The summed E-state index contributed by atoms with van der Waals surface area (Å²) in [6.45, 7) is 0.890. The zero-order valence-electron chi connectivity index (χ0n) is 15.1. The molecule has 0 bridgehead atoms. The molecule has 0 spiro atoms. The number of hydrogen-bond donors (Lipinski definition) is 1. The van der Waals surface area contributed by atoms with Gasteiger partial charge < -0.3 is 0 Å². The van der Waals surface area contributed by atoms with Gasteiger partial charge in [0.25, 0.3) is 0 Å². The Morgan fingerprint density at radius 1 is 1.15 bits per heavy atom. The van der Waals surface area contributed by atoms with Crippen LogP contribution in [0.15, 0.2) is 41.6 Å². The summed E-state index contributed by atoms with van der Waals surface area (Å²) < 4.78 is 25.1. The molecule has 3 aromatic rings.